The molecule has 6 nitrogen and oxygen atoms in total. The van der Waals surface area contributed by atoms with Crippen molar-refractivity contribution in [2.45, 2.75) is 13.5 Å². The molecule has 0 bridgehead atoms. The van der Waals surface area contributed by atoms with Gasteiger partial charge in [0.2, 0.25) is 5.91 Å². The van der Waals surface area contributed by atoms with Crippen molar-refractivity contribution in [2.24, 2.45) is 0 Å². The van der Waals surface area contributed by atoms with Crippen LogP contribution in [0, 0.1) is 6.92 Å². The lowest BCUT2D eigenvalue weighted by Gasteiger charge is -2.06. The van der Waals surface area contributed by atoms with E-state index in [0.29, 0.717) is 11.5 Å². The van der Waals surface area contributed by atoms with E-state index < -0.39 is 0 Å². The summed E-state index contributed by atoms with van der Waals surface area (Å²) in [6, 6.07) is 3.48. The van der Waals surface area contributed by atoms with Gasteiger partial charge in [0, 0.05) is 6.20 Å². The third-order valence-electron chi connectivity index (χ3n) is 2.27. The molecule has 0 aliphatic rings. The van der Waals surface area contributed by atoms with E-state index in [2.05, 4.69) is 31.3 Å². The van der Waals surface area contributed by atoms with E-state index >= 15 is 0 Å². The highest BCUT2D eigenvalue weighted by molar-refractivity contribution is 9.10. The Hall–Kier alpha value is -1.89. The van der Waals surface area contributed by atoms with Crippen LogP contribution in [0.2, 0.25) is 0 Å². The van der Waals surface area contributed by atoms with Crippen LogP contribution in [0.1, 0.15) is 5.56 Å². The molecule has 0 spiro atoms. The Morgan fingerprint density at radius 3 is 3.00 bits per heavy atom. The molecule has 2 aromatic rings. The number of aromatic nitrogens is 3. The van der Waals surface area contributed by atoms with Crippen molar-refractivity contribution in [1.29, 1.82) is 0 Å². The zero-order valence-electron chi connectivity index (χ0n) is 9.72. The molecular formula is C11H12BrN5O. The van der Waals surface area contributed by atoms with Crippen LogP contribution in [0.5, 0.6) is 0 Å². The number of carbonyl (C=O) groups is 1. The maximum atomic E-state index is 11.7. The van der Waals surface area contributed by atoms with E-state index in [0.717, 1.165) is 10.2 Å². The second-order valence-electron chi connectivity index (χ2n) is 3.82. The zero-order valence-corrected chi connectivity index (χ0v) is 11.3. The summed E-state index contributed by atoms with van der Waals surface area (Å²) in [7, 11) is 0. The van der Waals surface area contributed by atoms with Gasteiger partial charge in [0.05, 0.1) is 11.9 Å². The van der Waals surface area contributed by atoms with E-state index in [1.54, 1.807) is 18.5 Å². The van der Waals surface area contributed by atoms with Gasteiger partial charge in [-0.3, -0.25) is 9.48 Å². The average molecular weight is 310 g/mol. The zero-order chi connectivity index (χ0) is 13.1. The molecule has 0 aromatic carbocycles. The number of halogens is 1. The molecular weight excluding hydrogens is 298 g/mol. The molecule has 2 aromatic heterocycles. The van der Waals surface area contributed by atoms with Crippen LogP contribution in [0.15, 0.2) is 29.1 Å². The van der Waals surface area contributed by atoms with Gasteiger partial charge in [-0.05, 0) is 40.5 Å². The van der Waals surface area contributed by atoms with Crippen molar-refractivity contribution >= 4 is 33.3 Å². The second kappa shape index (κ2) is 5.18. The van der Waals surface area contributed by atoms with Crippen LogP contribution < -0.4 is 11.1 Å². The van der Waals surface area contributed by atoms with Crippen LogP contribution in [0.4, 0.5) is 11.5 Å². The number of amides is 1. The molecule has 3 N–H and O–H groups in total. The number of hydrogen-bond acceptors (Lipinski definition) is 4. The highest BCUT2D eigenvalue weighted by Crippen LogP contribution is 2.16. The highest BCUT2D eigenvalue weighted by atomic mass is 79.9. The lowest BCUT2D eigenvalue weighted by Crippen LogP contribution is -2.19. The molecule has 0 atom stereocenters. The Labute approximate surface area is 112 Å². The summed E-state index contributed by atoms with van der Waals surface area (Å²) in [5.74, 6) is 0.213. The summed E-state index contributed by atoms with van der Waals surface area (Å²) < 4.78 is 2.24. The number of aryl methyl sites for hydroxylation is 1. The number of hydrogen-bond donors (Lipinski definition) is 2. The van der Waals surface area contributed by atoms with Crippen molar-refractivity contribution in [3.8, 4) is 0 Å². The Kier molecular flexibility index (Phi) is 3.61. The van der Waals surface area contributed by atoms with Crippen molar-refractivity contribution in [3.05, 3.63) is 34.7 Å². The molecule has 18 heavy (non-hydrogen) atoms. The minimum Gasteiger partial charge on any atom is -0.382 e. The van der Waals surface area contributed by atoms with Gasteiger partial charge in [-0.25, -0.2) is 4.98 Å². The molecule has 1 amide bonds. The van der Waals surface area contributed by atoms with Gasteiger partial charge in [0.15, 0.2) is 0 Å². The van der Waals surface area contributed by atoms with Gasteiger partial charge in [-0.1, -0.05) is 0 Å². The fraction of sp³-hybridized carbons (Fsp3) is 0.182. The maximum absolute atomic E-state index is 11.7. The topological polar surface area (TPSA) is 85.8 Å². The number of nitrogen functional groups attached to an aromatic ring is 1. The summed E-state index contributed by atoms with van der Waals surface area (Å²) in [5.41, 5.74) is 7.07. The average Bonchev–Trinajstić information content (AvgIpc) is 2.69. The maximum Gasteiger partial charge on any atom is 0.246 e. The predicted octanol–water partition coefficient (Wildman–Crippen LogP) is 1.57. The molecule has 2 heterocycles. The molecule has 2 rings (SSSR count). The smallest absolute Gasteiger partial charge is 0.246 e. The molecule has 0 aliphatic carbocycles. The Morgan fingerprint density at radius 1 is 1.61 bits per heavy atom. The molecule has 7 heteroatoms. The van der Waals surface area contributed by atoms with Crippen molar-refractivity contribution in [2.75, 3.05) is 11.1 Å². The summed E-state index contributed by atoms with van der Waals surface area (Å²) in [6.07, 6.45) is 3.24. The van der Waals surface area contributed by atoms with E-state index in [1.807, 2.05) is 13.0 Å². The SMILES string of the molecule is Cc1cc(NC(=O)Cn2ccc(N)n2)cnc1Br. The monoisotopic (exact) mass is 309 g/mol. The third kappa shape index (κ3) is 3.07. The lowest BCUT2D eigenvalue weighted by atomic mass is 10.3. The van der Waals surface area contributed by atoms with E-state index in [-0.39, 0.29) is 12.5 Å². The summed E-state index contributed by atoms with van der Waals surface area (Å²) in [4.78, 5) is 15.8. The number of carbonyl (C=O) groups excluding carboxylic acids is 1. The first-order chi connectivity index (χ1) is 8.54. The molecule has 0 unspecified atom stereocenters. The van der Waals surface area contributed by atoms with Gasteiger partial charge < -0.3 is 11.1 Å². The van der Waals surface area contributed by atoms with Gasteiger partial charge in [-0.15, -0.1) is 0 Å². The van der Waals surface area contributed by atoms with E-state index in [4.69, 9.17) is 5.73 Å². The third-order valence-corrected chi connectivity index (χ3v) is 3.10. The number of rotatable bonds is 3. The molecule has 0 fully saturated rings. The van der Waals surface area contributed by atoms with Crippen LogP contribution in [-0.4, -0.2) is 20.7 Å². The predicted molar refractivity (Wildman–Crippen MR) is 71.9 cm³/mol. The van der Waals surface area contributed by atoms with Gasteiger partial charge in [-0.2, -0.15) is 5.10 Å². The second-order valence-corrected chi connectivity index (χ2v) is 4.57. The molecule has 0 saturated carbocycles. The number of anilines is 2. The van der Waals surface area contributed by atoms with Gasteiger partial charge in [0.1, 0.15) is 17.0 Å². The van der Waals surface area contributed by atoms with Crippen molar-refractivity contribution < 1.29 is 4.79 Å². The standard InChI is InChI=1S/C11H12BrN5O/c1-7-4-8(5-14-11(7)12)15-10(18)6-17-3-2-9(13)16-17/h2-5H,6H2,1H3,(H2,13,16)(H,15,18). The number of nitrogens with one attached hydrogen (secondary N) is 1. The summed E-state index contributed by atoms with van der Waals surface area (Å²) >= 11 is 3.30. The fourth-order valence-electron chi connectivity index (χ4n) is 1.44. The first kappa shape index (κ1) is 12.6. The van der Waals surface area contributed by atoms with Crippen LogP contribution in [0.3, 0.4) is 0 Å². The first-order valence-corrected chi connectivity index (χ1v) is 6.05. The molecule has 0 saturated heterocycles. The highest BCUT2D eigenvalue weighted by Gasteiger charge is 2.06. The fourth-order valence-corrected chi connectivity index (χ4v) is 1.66. The van der Waals surface area contributed by atoms with Crippen molar-refractivity contribution in [3.63, 3.8) is 0 Å². The van der Waals surface area contributed by atoms with Gasteiger partial charge in [0.25, 0.3) is 0 Å². The molecule has 0 radical (unpaired) electrons. The Morgan fingerprint density at radius 2 is 2.39 bits per heavy atom. The van der Waals surface area contributed by atoms with Crippen LogP contribution in [-0.2, 0) is 11.3 Å². The number of nitrogens with zero attached hydrogens (tertiary/aromatic N) is 3. The van der Waals surface area contributed by atoms with Crippen LogP contribution >= 0.6 is 15.9 Å². The minimum absolute atomic E-state index is 0.117. The van der Waals surface area contributed by atoms with E-state index in [1.165, 1.54) is 4.68 Å². The number of nitrogens with two attached hydrogens (primary N) is 1. The lowest BCUT2D eigenvalue weighted by molar-refractivity contribution is -0.116. The molecule has 94 valence electrons. The number of pyridine rings is 1. The quantitative estimate of drug-likeness (QED) is 0.843. The summed E-state index contributed by atoms with van der Waals surface area (Å²) in [5, 5.41) is 6.68. The minimum atomic E-state index is -0.179. The Bertz CT molecular complexity index is 581. The summed E-state index contributed by atoms with van der Waals surface area (Å²) in [6.45, 7) is 2.02. The molecule has 0 aliphatic heterocycles. The van der Waals surface area contributed by atoms with E-state index in [9.17, 15) is 4.79 Å². The van der Waals surface area contributed by atoms with Gasteiger partial charge >= 0.3 is 0 Å². The normalized spacial score (nSPS) is 10.3. The first-order valence-electron chi connectivity index (χ1n) is 5.25. The van der Waals surface area contributed by atoms with Crippen LogP contribution in [0.25, 0.3) is 0 Å². The van der Waals surface area contributed by atoms with Crippen molar-refractivity contribution in [1.82, 2.24) is 14.8 Å². The Balaban J connectivity index is 2.00. The largest absolute Gasteiger partial charge is 0.382 e.